The topological polar surface area (TPSA) is 83.8 Å². The van der Waals surface area contributed by atoms with Gasteiger partial charge in [0.15, 0.2) is 0 Å². The van der Waals surface area contributed by atoms with Crippen molar-refractivity contribution in [2.75, 3.05) is 9.80 Å². The van der Waals surface area contributed by atoms with Crippen molar-refractivity contribution >= 4 is 35.7 Å². The second kappa shape index (κ2) is 17.2. The number of anilines is 2. The maximum absolute atomic E-state index is 4.54. The average molecular weight is 679 g/mol. The molecule has 0 unspecified atom stereocenters. The third kappa shape index (κ3) is 9.67. The molecule has 0 saturated heterocycles. The fourth-order valence-electron chi connectivity index (χ4n) is 5.75. The molecule has 0 aliphatic carbocycles. The van der Waals surface area contributed by atoms with Gasteiger partial charge in [-0.25, -0.2) is 9.97 Å². The van der Waals surface area contributed by atoms with Crippen molar-refractivity contribution in [2.45, 2.75) is 26.2 Å². The van der Waals surface area contributed by atoms with Gasteiger partial charge in [0, 0.05) is 36.2 Å². The van der Waals surface area contributed by atoms with Gasteiger partial charge in [0.1, 0.15) is 6.33 Å². The summed E-state index contributed by atoms with van der Waals surface area (Å²) in [5.41, 5.74) is 10.1. The van der Waals surface area contributed by atoms with E-state index in [0.29, 0.717) is 26.2 Å². The van der Waals surface area contributed by atoms with Crippen LogP contribution in [-0.4, -0.2) is 29.9 Å². The highest BCUT2D eigenvalue weighted by Crippen LogP contribution is 2.23. The van der Waals surface area contributed by atoms with Crippen LogP contribution in [0.25, 0.3) is 24.3 Å². The molecule has 0 amide bonds. The summed E-state index contributed by atoms with van der Waals surface area (Å²) < 4.78 is 0. The van der Waals surface area contributed by atoms with E-state index in [1.54, 1.807) is 6.33 Å². The molecular formula is C44H38N8. The van der Waals surface area contributed by atoms with E-state index in [0.717, 1.165) is 56.7 Å². The van der Waals surface area contributed by atoms with Crippen LogP contribution in [0.4, 0.5) is 11.4 Å². The first kappa shape index (κ1) is 33.7. The van der Waals surface area contributed by atoms with E-state index in [9.17, 15) is 0 Å². The van der Waals surface area contributed by atoms with Crippen molar-refractivity contribution in [3.63, 3.8) is 0 Å². The largest absolute Gasteiger partial charge is 0.360 e. The van der Waals surface area contributed by atoms with Crippen LogP contribution in [0.3, 0.4) is 0 Å². The van der Waals surface area contributed by atoms with Gasteiger partial charge in [-0.3, -0.25) is 19.9 Å². The Balaban J connectivity index is 1.00. The van der Waals surface area contributed by atoms with Crippen molar-refractivity contribution in [1.82, 2.24) is 29.9 Å². The lowest BCUT2D eigenvalue weighted by Gasteiger charge is -2.24. The molecule has 7 aromatic rings. The van der Waals surface area contributed by atoms with Gasteiger partial charge in [0.25, 0.3) is 0 Å². The zero-order chi connectivity index (χ0) is 35.2. The van der Waals surface area contributed by atoms with E-state index >= 15 is 0 Å². The van der Waals surface area contributed by atoms with Gasteiger partial charge < -0.3 is 9.80 Å². The van der Waals surface area contributed by atoms with Crippen molar-refractivity contribution in [3.05, 3.63) is 204 Å². The van der Waals surface area contributed by atoms with E-state index in [4.69, 9.17) is 0 Å². The number of benzene rings is 2. The molecular weight excluding hydrogens is 641 g/mol. The molecule has 0 radical (unpaired) electrons. The summed E-state index contributed by atoms with van der Waals surface area (Å²) >= 11 is 0. The lowest BCUT2D eigenvalue weighted by Crippen LogP contribution is -2.23. The molecule has 5 heterocycles. The van der Waals surface area contributed by atoms with E-state index in [1.807, 2.05) is 116 Å². The lowest BCUT2D eigenvalue weighted by molar-refractivity contribution is 0.765. The molecule has 52 heavy (non-hydrogen) atoms. The first-order valence-electron chi connectivity index (χ1n) is 17.2. The van der Waals surface area contributed by atoms with Crippen LogP contribution >= 0.6 is 0 Å². The predicted octanol–water partition coefficient (Wildman–Crippen LogP) is 8.81. The maximum atomic E-state index is 4.54. The minimum atomic E-state index is 0.685. The van der Waals surface area contributed by atoms with Crippen LogP contribution in [-0.2, 0) is 26.2 Å². The van der Waals surface area contributed by atoms with Crippen LogP contribution in [0.1, 0.15) is 45.3 Å². The molecule has 0 bridgehead atoms. The molecule has 254 valence electrons. The molecule has 5 aromatic heterocycles. The second-order valence-electron chi connectivity index (χ2n) is 12.2. The highest BCUT2D eigenvalue weighted by molar-refractivity contribution is 5.72. The number of aromatic nitrogens is 6. The highest BCUT2D eigenvalue weighted by atomic mass is 15.1. The number of pyridine rings is 4. The fraction of sp³-hybridized carbons (Fsp3) is 0.0909. The summed E-state index contributed by atoms with van der Waals surface area (Å²) in [7, 11) is 0. The zero-order valence-electron chi connectivity index (χ0n) is 28.7. The molecule has 0 saturated carbocycles. The predicted molar refractivity (Wildman–Crippen MR) is 209 cm³/mol. The van der Waals surface area contributed by atoms with Crippen LogP contribution in [0, 0.1) is 0 Å². The van der Waals surface area contributed by atoms with Crippen LogP contribution in [0.2, 0.25) is 0 Å². The molecule has 0 N–H and O–H groups in total. The number of rotatable bonds is 14. The highest BCUT2D eigenvalue weighted by Gasteiger charge is 2.12. The van der Waals surface area contributed by atoms with Crippen molar-refractivity contribution in [2.24, 2.45) is 0 Å². The van der Waals surface area contributed by atoms with Gasteiger partial charge in [-0.2, -0.15) is 0 Å². The summed E-state index contributed by atoms with van der Waals surface area (Å²) in [6, 6.07) is 43.1. The smallest absolute Gasteiger partial charge is 0.116 e. The summed E-state index contributed by atoms with van der Waals surface area (Å²) in [4.78, 5) is 31.7. The van der Waals surface area contributed by atoms with Gasteiger partial charge in [-0.05, 0) is 102 Å². The Morgan fingerprint density at radius 3 is 1.02 bits per heavy atom. The van der Waals surface area contributed by atoms with Crippen LogP contribution in [0.5, 0.6) is 0 Å². The molecule has 0 spiro atoms. The first-order chi connectivity index (χ1) is 25.7. The number of hydrogen-bond acceptors (Lipinski definition) is 8. The lowest BCUT2D eigenvalue weighted by atomic mass is 10.1. The Kier molecular flexibility index (Phi) is 11.2. The van der Waals surface area contributed by atoms with Crippen molar-refractivity contribution in [3.8, 4) is 0 Å². The number of hydrogen-bond donors (Lipinski definition) is 0. The van der Waals surface area contributed by atoms with E-state index in [-0.39, 0.29) is 0 Å². The molecule has 0 atom stereocenters. The fourth-order valence-corrected chi connectivity index (χ4v) is 5.75. The average Bonchev–Trinajstić information content (AvgIpc) is 3.21. The van der Waals surface area contributed by atoms with E-state index in [1.165, 1.54) is 0 Å². The molecule has 7 rings (SSSR count). The zero-order valence-corrected chi connectivity index (χ0v) is 28.7. The SMILES string of the molecule is C(=C\c1cc(/C=C/c2ccc(N(Cc3ccccn3)Cc3ccccn3)cc2)ncn1)/c1ccc(N(Cc2ccccn2)Cc2ccccn2)cc1. The Hall–Kier alpha value is -6.80. The summed E-state index contributed by atoms with van der Waals surface area (Å²) in [5, 5.41) is 0. The normalized spacial score (nSPS) is 11.2. The Morgan fingerprint density at radius 2 is 0.712 bits per heavy atom. The minimum absolute atomic E-state index is 0.685. The standard InChI is InChI=1S/C44H38N8/c1-5-25-45-39(9-1)30-51(31-40-10-2-6-26-46-40)43-21-15-35(16-22-43)13-19-37-29-38(50-34-49-37)20-14-36-17-23-44(24-18-36)52(32-41-11-3-7-27-47-41)33-42-12-4-8-28-48-42/h1-29,34H,30-33H2/b19-13+,20-14+. The molecule has 8 heteroatoms. The quantitative estimate of drug-likeness (QED) is 0.113. The van der Waals surface area contributed by atoms with Gasteiger partial charge in [0.2, 0.25) is 0 Å². The van der Waals surface area contributed by atoms with E-state index in [2.05, 4.69) is 100 Å². The van der Waals surface area contributed by atoms with Crippen molar-refractivity contribution < 1.29 is 0 Å². The summed E-state index contributed by atoms with van der Waals surface area (Å²) in [6.45, 7) is 2.74. The Bertz CT molecular complexity index is 1940. The number of nitrogens with zero attached hydrogens (tertiary/aromatic N) is 8. The summed E-state index contributed by atoms with van der Waals surface area (Å²) in [5.74, 6) is 0. The Morgan fingerprint density at radius 1 is 0.365 bits per heavy atom. The van der Waals surface area contributed by atoms with Gasteiger partial charge >= 0.3 is 0 Å². The van der Waals surface area contributed by atoms with E-state index < -0.39 is 0 Å². The van der Waals surface area contributed by atoms with Gasteiger partial charge in [-0.15, -0.1) is 0 Å². The van der Waals surface area contributed by atoms with Gasteiger partial charge in [-0.1, -0.05) is 60.7 Å². The molecule has 2 aromatic carbocycles. The van der Waals surface area contributed by atoms with Crippen molar-refractivity contribution in [1.29, 1.82) is 0 Å². The van der Waals surface area contributed by atoms with Crippen LogP contribution < -0.4 is 9.80 Å². The molecule has 0 aliphatic rings. The molecule has 0 fully saturated rings. The third-order valence-corrected chi connectivity index (χ3v) is 8.43. The molecule has 8 nitrogen and oxygen atoms in total. The monoisotopic (exact) mass is 678 g/mol. The Labute approximate surface area is 304 Å². The first-order valence-corrected chi connectivity index (χ1v) is 17.2. The second-order valence-corrected chi connectivity index (χ2v) is 12.2. The third-order valence-electron chi connectivity index (χ3n) is 8.43. The van der Waals surface area contributed by atoms with Gasteiger partial charge in [0.05, 0.1) is 60.3 Å². The molecule has 0 aliphatic heterocycles. The minimum Gasteiger partial charge on any atom is -0.360 e. The van der Waals surface area contributed by atoms with Crippen LogP contribution in [0.15, 0.2) is 159 Å². The maximum Gasteiger partial charge on any atom is 0.116 e. The summed E-state index contributed by atoms with van der Waals surface area (Å²) in [6.07, 6.45) is 17.1.